The van der Waals surface area contributed by atoms with Crippen molar-refractivity contribution in [3.05, 3.63) is 93.8 Å². The SMILES string of the molecule is Cc1cc(CC(=O)NC(CCC(C)C)c2ccc(Cl)cc2)ccc1OCc1cccnc1C. The van der Waals surface area contributed by atoms with Crippen LogP contribution in [0.5, 0.6) is 5.75 Å². The quantitative estimate of drug-likeness (QED) is 0.360. The molecule has 5 heteroatoms. The first kappa shape index (κ1) is 24.8. The van der Waals surface area contributed by atoms with Gasteiger partial charge in [0, 0.05) is 22.5 Å². The van der Waals surface area contributed by atoms with Crippen molar-refractivity contribution in [1.29, 1.82) is 0 Å². The van der Waals surface area contributed by atoms with Crippen LogP contribution >= 0.6 is 11.6 Å². The minimum Gasteiger partial charge on any atom is -0.489 e. The first-order valence-electron chi connectivity index (χ1n) is 11.5. The van der Waals surface area contributed by atoms with Gasteiger partial charge in [-0.25, -0.2) is 0 Å². The molecule has 0 spiro atoms. The average molecular weight is 465 g/mol. The van der Waals surface area contributed by atoms with Crippen molar-refractivity contribution in [1.82, 2.24) is 10.3 Å². The zero-order chi connectivity index (χ0) is 23.8. The van der Waals surface area contributed by atoms with Crippen LogP contribution in [0.15, 0.2) is 60.8 Å². The summed E-state index contributed by atoms with van der Waals surface area (Å²) in [5.41, 5.74) is 5.09. The number of hydrogen-bond donors (Lipinski definition) is 1. The first-order chi connectivity index (χ1) is 15.8. The highest BCUT2D eigenvalue weighted by Crippen LogP contribution is 2.24. The van der Waals surface area contributed by atoms with E-state index in [2.05, 4.69) is 24.1 Å². The number of nitrogens with zero attached hydrogens (tertiary/aromatic N) is 1. The zero-order valence-corrected chi connectivity index (χ0v) is 20.7. The fraction of sp³-hybridized carbons (Fsp3) is 0.357. The van der Waals surface area contributed by atoms with E-state index in [-0.39, 0.29) is 11.9 Å². The van der Waals surface area contributed by atoms with E-state index in [1.54, 1.807) is 6.20 Å². The molecule has 1 unspecified atom stereocenters. The standard InChI is InChI=1S/C28H33ClN2O2/c1-19(2)7-13-26(23-9-11-25(29)12-10-23)31-28(32)17-22-8-14-27(20(3)16-22)33-18-24-6-5-15-30-21(24)4/h5-6,8-12,14-16,19,26H,7,13,17-18H2,1-4H3,(H,31,32). The molecule has 0 aliphatic carbocycles. The van der Waals surface area contributed by atoms with Gasteiger partial charge in [-0.1, -0.05) is 55.8 Å². The van der Waals surface area contributed by atoms with E-state index in [0.717, 1.165) is 46.5 Å². The third-order valence-corrected chi connectivity index (χ3v) is 6.00. The summed E-state index contributed by atoms with van der Waals surface area (Å²) in [5, 5.41) is 3.92. The molecule has 174 valence electrons. The van der Waals surface area contributed by atoms with Crippen molar-refractivity contribution in [3.63, 3.8) is 0 Å². The monoisotopic (exact) mass is 464 g/mol. The lowest BCUT2D eigenvalue weighted by Crippen LogP contribution is -2.30. The lowest BCUT2D eigenvalue weighted by molar-refractivity contribution is -0.121. The molecule has 0 aliphatic rings. The number of aromatic nitrogens is 1. The Morgan fingerprint density at radius 3 is 2.48 bits per heavy atom. The largest absolute Gasteiger partial charge is 0.489 e. The fourth-order valence-electron chi connectivity index (χ4n) is 3.76. The minimum absolute atomic E-state index is 0.0118. The van der Waals surface area contributed by atoms with Crippen LogP contribution < -0.4 is 10.1 Å². The average Bonchev–Trinajstić information content (AvgIpc) is 2.77. The van der Waals surface area contributed by atoms with E-state index in [0.29, 0.717) is 24.0 Å². The Labute approximate surface area is 202 Å². The summed E-state index contributed by atoms with van der Waals surface area (Å²) in [6.07, 6.45) is 4.04. The number of nitrogens with one attached hydrogen (secondary N) is 1. The van der Waals surface area contributed by atoms with E-state index in [9.17, 15) is 4.79 Å². The van der Waals surface area contributed by atoms with Crippen molar-refractivity contribution in [2.75, 3.05) is 0 Å². The van der Waals surface area contributed by atoms with E-state index in [1.165, 1.54) is 0 Å². The van der Waals surface area contributed by atoms with Gasteiger partial charge in [-0.2, -0.15) is 0 Å². The number of ether oxygens (including phenoxy) is 1. The molecule has 0 radical (unpaired) electrons. The van der Waals surface area contributed by atoms with Gasteiger partial charge in [-0.3, -0.25) is 9.78 Å². The summed E-state index contributed by atoms with van der Waals surface area (Å²) < 4.78 is 6.00. The summed E-state index contributed by atoms with van der Waals surface area (Å²) in [7, 11) is 0. The van der Waals surface area contributed by atoms with Crippen molar-refractivity contribution in [2.45, 2.75) is 59.6 Å². The van der Waals surface area contributed by atoms with Gasteiger partial charge in [-0.05, 0) is 73.6 Å². The Hall–Kier alpha value is -2.85. The molecule has 3 rings (SSSR count). The Morgan fingerprint density at radius 1 is 1.06 bits per heavy atom. The molecule has 3 aromatic rings. The fourth-order valence-corrected chi connectivity index (χ4v) is 3.88. The van der Waals surface area contributed by atoms with Crippen LogP contribution in [0.2, 0.25) is 5.02 Å². The third-order valence-electron chi connectivity index (χ3n) is 5.74. The zero-order valence-electron chi connectivity index (χ0n) is 19.9. The smallest absolute Gasteiger partial charge is 0.224 e. The number of halogens is 1. The number of rotatable bonds is 10. The normalized spacial score (nSPS) is 11.9. The molecular formula is C28H33ClN2O2. The molecule has 0 aliphatic heterocycles. The topological polar surface area (TPSA) is 51.2 Å². The van der Waals surface area contributed by atoms with Gasteiger partial charge >= 0.3 is 0 Å². The molecule has 1 amide bonds. The van der Waals surface area contributed by atoms with Crippen LogP contribution in [0, 0.1) is 19.8 Å². The Kier molecular flexibility index (Phi) is 8.90. The van der Waals surface area contributed by atoms with Gasteiger partial charge in [0.15, 0.2) is 0 Å². The molecule has 0 bridgehead atoms. The van der Waals surface area contributed by atoms with Crippen molar-refractivity contribution in [2.24, 2.45) is 5.92 Å². The van der Waals surface area contributed by atoms with Gasteiger partial charge in [0.2, 0.25) is 5.91 Å². The van der Waals surface area contributed by atoms with Gasteiger partial charge < -0.3 is 10.1 Å². The van der Waals surface area contributed by atoms with E-state index >= 15 is 0 Å². The maximum atomic E-state index is 12.9. The van der Waals surface area contributed by atoms with Crippen LogP contribution in [0.4, 0.5) is 0 Å². The number of aryl methyl sites for hydroxylation is 2. The summed E-state index contributed by atoms with van der Waals surface area (Å²) in [4.78, 5) is 17.2. The van der Waals surface area contributed by atoms with E-state index in [4.69, 9.17) is 16.3 Å². The maximum absolute atomic E-state index is 12.9. The summed E-state index contributed by atoms with van der Waals surface area (Å²) in [5.74, 6) is 1.40. The van der Waals surface area contributed by atoms with Crippen LogP contribution in [0.3, 0.4) is 0 Å². The minimum atomic E-state index is -0.0245. The molecule has 33 heavy (non-hydrogen) atoms. The molecule has 1 heterocycles. The van der Waals surface area contributed by atoms with Gasteiger partial charge in [0.25, 0.3) is 0 Å². The van der Waals surface area contributed by atoms with Crippen molar-refractivity contribution < 1.29 is 9.53 Å². The summed E-state index contributed by atoms with van der Waals surface area (Å²) >= 11 is 6.05. The molecular weight excluding hydrogens is 432 g/mol. The number of amides is 1. The Bertz CT molecular complexity index is 1060. The van der Waals surface area contributed by atoms with E-state index < -0.39 is 0 Å². The molecule has 0 fully saturated rings. The van der Waals surface area contributed by atoms with Crippen LogP contribution in [0.25, 0.3) is 0 Å². The molecule has 1 N–H and O–H groups in total. The first-order valence-corrected chi connectivity index (χ1v) is 11.9. The molecule has 4 nitrogen and oxygen atoms in total. The van der Waals surface area contributed by atoms with Crippen LogP contribution in [-0.2, 0) is 17.8 Å². The number of pyridine rings is 1. The molecule has 2 aromatic carbocycles. The number of hydrogen-bond acceptors (Lipinski definition) is 3. The summed E-state index contributed by atoms with van der Waals surface area (Å²) in [6, 6.07) is 17.6. The van der Waals surface area contributed by atoms with Gasteiger partial charge in [-0.15, -0.1) is 0 Å². The van der Waals surface area contributed by atoms with Gasteiger partial charge in [0.1, 0.15) is 12.4 Å². The van der Waals surface area contributed by atoms with Crippen molar-refractivity contribution in [3.8, 4) is 5.75 Å². The molecule has 0 saturated heterocycles. The predicted molar refractivity (Wildman–Crippen MR) is 135 cm³/mol. The molecule has 1 atom stereocenters. The molecule has 0 saturated carbocycles. The second-order valence-corrected chi connectivity index (χ2v) is 9.39. The Balaban J connectivity index is 1.62. The maximum Gasteiger partial charge on any atom is 0.224 e. The van der Waals surface area contributed by atoms with Crippen molar-refractivity contribution >= 4 is 17.5 Å². The Morgan fingerprint density at radius 2 is 1.82 bits per heavy atom. The number of benzene rings is 2. The number of carbonyl (C=O) groups excluding carboxylic acids is 1. The van der Waals surface area contributed by atoms with Gasteiger partial charge in [0.05, 0.1) is 12.5 Å². The lowest BCUT2D eigenvalue weighted by atomic mass is 9.97. The van der Waals surface area contributed by atoms with Crippen LogP contribution in [-0.4, -0.2) is 10.9 Å². The highest BCUT2D eigenvalue weighted by atomic mass is 35.5. The number of carbonyl (C=O) groups is 1. The summed E-state index contributed by atoms with van der Waals surface area (Å²) in [6.45, 7) is 8.85. The second-order valence-electron chi connectivity index (χ2n) is 8.96. The molecule has 1 aromatic heterocycles. The van der Waals surface area contributed by atoms with E-state index in [1.807, 2.05) is 68.4 Å². The third kappa shape index (κ3) is 7.61. The second kappa shape index (κ2) is 11.9. The highest BCUT2D eigenvalue weighted by molar-refractivity contribution is 6.30. The lowest BCUT2D eigenvalue weighted by Gasteiger charge is -2.21. The highest BCUT2D eigenvalue weighted by Gasteiger charge is 2.16. The van der Waals surface area contributed by atoms with Crippen LogP contribution in [0.1, 0.15) is 60.7 Å². The predicted octanol–water partition coefficient (Wildman–Crippen LogP) is 6.77.